The molecule has 2 atom stereocenters. The molecule has 1 saturated heterocycles. The number of aliphatic carboxylic acids is 1. The van der Waals surface area contributed by atoms with E-state index < -0.39 is 11.5 Å². The molecule has 1 rings (SSSR count). The highest BCUT2D eigenvalue weighted by Gasteiger charge is 2.36. The molecule has 0 bridgehead atoms. The molecule has 0 aliphatic carbocycles. The van der Waals surface area contributed by atoms with Gasteiger partial charge in [-0.15, -0.1) is 0 Å². The SMILES string of the molecule is CC1CC(C(=O)O)CCN1C(=O)N(C)C(C)(C)CO. The number of hydrogen-bond acceptors (Lipinski definition) is 3. The Labute approximate surface area is 114 Å². The van der Waals surface area contributed by atoms with Gasteiger partial charge in [0.15, 0.2) is 0 Å². The third kappa shape index (κ3) is 3.37. The topological polar surface area (TPSA) is 81.1 Å². The summed E-state index contributed by atoms with van der Waals surface area (Å²) in [6.45, 7) is 5.78. The summed E-state index contributed by atoms with van der Waals surface area (Å²) >= 11 is 0. The second kappa shape index (κ2) is 5.77. The highest BCUT2D eigenvalue weighted by Crippen LogP contribution is 2.25. The summed E-state index contributed by atoms with van der Waals surface area (Å²) in [4.78, 5) is 26.6. The summed E-state index contributed by atoms with van der Waals surface area (Å²) in [5.41, 5.74) is -0.625. The number of carbonyl (C=O) groups is 2. The van der Waals surface area contributed by atoms with Gasteiger partial charge in [-0.2, -0.15) is 0 Å². The molecule has 0 radical (unpaired) electrons. The quantitative estimate of drug-likeness (QED) is 0.803. The van der Waals surface area contributed by atoms with Gasteiger partial charge in [0, 0.05) is 19.6 Å². The largest absolute Gasteiger partial charge is 0.481 e. The monoisotopic (exact) mass is 272 g/mol. The second-order valence-electron chi connectivity index (χ2n) is 5.91. The minimum atomic E-state index is -0.789. The van der Waals surface area contributed by atoms with Gasteiger partial charge in [0.1, 0.15) is 0 Å². The van der Waals surface area contributed by atoms with Crippen LogP contribution in [-0.4, -0.2) is 63.8 Å². The van der Waals surface area contributed by atoms with Crippen LogP contribution in [0.1, 0.15) is 33.6 Å². The molecule has 0 aromatic heterocycles. The maximum atomic E-state index is 12.4. The smallest absolute Gasteiger partial charge is 0.320 e. The molecule has 0 aromatic rings. The molecule has 2 amide bonds. The Morgan fingerprint density at radius 3 is 2.42 bits per heavy atom. The molecule has 0 saturated carbocycles. The van der Waals surface area contributed by atoms with Crippen molar-refractivity contribution >= 4 is 12.0 Å². The first-order chi connectivity index (χ1) is 8.70. The Kier molecular flexibility index (Phi) is 4.79. The molecule has 1 aliphatic heterocycles. The Morgan fingerprint density at radius 2 is 2.00 bits per heavy atom. The van der Waals surface area contributed by atoms with Crippen molar-refractivity contribution in [2.45, 2.75) is 45.2 Å². The first kappa shape index (κ1) is 15.8. The van der Waals surface area contributed by atoms with Crippen molar-refractivity contribution in [1.82, 2.24) is 9.80 Å². The molecule has 19 heavy (non-hydrogen) atoms. The molecule has 0 spiro atoms. The maximum absolute atomic E-state index is 12.4. The fourth-order valence-electron chi connectivity index (χ4n) is 2.24. The molecule has 110 valence electrons. The van der Waals surface area contributed by atoms with E-state index >= 15 is 0 Å². The highest BCUT2D eigenvalue weighted by molar-refractivity contribution is 5.76. The lowest BCUT2D eigenvalue weighted by molar-refractivity contribution is -0.143. The van der Waals surface area contributed by atoms with Crippen LogP contribution in [0, 0.1) is 5.92 Å². The van der Waals surface area contributed by atoms with Gasteiger partial charge >= 0.3 is 12.0 Å². The van der Waals surface area contributed by atoms with Crippen LogP contribution in [0.4, 0.5) is 4.79 Å². The average Bonchev–Trinajstić information content (AvgIpc) is 2.36. The van der Waals surface area contributed by atoms with Crippen LogP contribution in [0.2, 0.25) is 0 Å². The number of carboxylic acids is 1. The summed E-state index contributed by atoms with van der Waals surface area (Å²) in [6.07, 6.45) is 0.966. The van der Waals surface area contributed by atoms with E-state index in [0.717, 1.165) is 0 Å². The molecule has 6 heteroatoms. The van der Waals surface area contributed by atoms with Crippen molar-refractivity contribution in [2.24, 2.45) is 5.92 Å². The maximum Gasteiger partial charge on any atom is 0.320 e. The minimum absolute atomic E-state index is 0.0979. The van der Waals surface area contributed by atoms with Gasteiger partial charge in [0.25, 0.3) is 0 Å². The first-order valence-electron chi connectivity index (χ1n) is 6.58. The van der Waals surface area contributed by atoms with E-state index in [-0.39, 0.29) is 24.6 Å². The summed E-state index contributed by atoms with van der Waals surface area (Å²) in [5.74, 6) is -1.15. The third-order valence-corrected chi connectivity index (χ3v) is 4.05. The minimum Gasteiger partial charge on any atom is -0.481 e. The number of hydrogen-bond donors (Lipinski definition) is 2. The summed E-state index contributed by atoms with van der Waals surface area (Å²) in [6, 6.07) is -0.255. The van der Waals surface area contributed by atoms with Crippen molar-refractivity contribution in [3.8, 4) is 0 Å². The van der Waals surface area contributed by atoms with Crippen LogP contribution in [0.15, 0.2) is 0 Å². The number of urea groups is 1. The van der Waals surface area contributed by atoms with Crippen LogP contribution in [0.25, 0.3) is 0 Å². The van der Waals surface area contributed by atoms with Gasteiger partial charge in [-0.1, -0.05) is 0 Å². The van der Waals surface area contributed by atoms with Gasteiger partial charge in [0.05, 0.1) is 18.1 Å². The van der Waals surface area contributed by atoms with Crippen molar-refractivity contribution in [3.05, 3.63) is 0 Å². The van der Waals surface area contributed by atoms with Crippen molar-refractivity contribution < 1.29 is 19.8 Å². The Balaban J connectivity index is 2.72. The predicted octanol–water partition coefficient (Wildman–Crippen LogP) is 0.994. The number of piperidine rings is 1. The Morgan fingerprint density at radius 1 is 1.42 bits per heavy atom. The molecule has 1 fully saturated rings. The lowest BCUT2D eigenvalue weighted by atomic mass is 9.92. The lowest BCUT2D eigenvalue weighted by Crippen LogP contribution is -2.56. The van der Waals surface area contributed by atoms with Crippen LogP contribution in [-0.2, 0) is 4.79 Å². The van der Waals surface area contributed by atoms with Crippen LogP contribution >= 0.6 is 0 Å². The standard InChI is InChI=1S/C13H24N2O4/c1-9-7-10(11(17)18)5-6-15(9)12(19)14(4)13(2,3)8-16/h9-10,16H,5-8H2,1-4H3,(H,17,18). The zero-order valence-corrected chi connectivity index (χ0v) is 12.1. The fraction of sp³-hybridized carbons (Fsp3) is 0.846. The van der Waals surface area contributed by atoms with Gasteiger partial charge in [-0.05, 0) is 33.6 Å². The molecule has 6 nitrogen and oxygen atoms in total. The first-order valence-corrected chi connectivity index (χ1v) is 6.58. The van der Waals surface area contributed by atoms with E-state index in [2.05, 4.69) is 0 Å². The number of nitrogens with zero attached hydrogens (tertiary/aromatic N) is 2. The van der Waals surface area contributed by atoms with E-state index in [4.69, 9.17) is 5.11 Å². The van der Waals surface area contributed by atoms with Crippen LogP contribution in [0.5, 0.6) is 0 Å². The zero-order valence-electron chi connectivity index (χ0n) is 12.1. The summed E-state index contributed by atoms with van der Waals surface area (Å²) in [7, 11) is 1.66. The van der Waals surface area contributed by atoms with E-state index in [1.807, 2.05) is 6.92 Å². The lowest BCUT2D eigenvalue weighted by Gasteiger charge is -2.42. The van der Waals surface area contributed by atoms with Crippen molar-refractivity contribution in [3.63, 3.8) is 0 Å². The van der Waals surface area contributed by atoms with Crippen molar-refractivity contribution in [2.75, 3.05) is 20.2 Å². The Bertz CT molecular complexity index is 357. The van der Waals surface area contributed by atoms with Crippen molar-refractivity contribution in [1.29, 1.82) is 0 Å². The summed E-state index contributed by atoms with van der Waals surface area (Å²) < 4.78 is 0. The number of likely N-dealkylation sites (N-methyl/N-ethyl adjacent to an activating group) is 1. The van der Waals surface area contributed by atoms with E-state index in [1.54, 1.807) is 25.8 Å². The number of carbonyl (C=O) groups excluding carboxylic acids is 1. The van der Waals surface area contributed by atoms with Crippen LogP contribution < -0.4 is 0 Å². The third-order valence-electron chi connectivity index (χ3n) is 4.05. The Hall–Kier alpha value is -1.30. The predicted molar refractivity (Wildman–Crippen MR) is 70.9 cm³/mol. The highest BCUT2D eigenvalue weighted by atomic mass is 16.4. The average molecular weight is 272 g/mol. The molecule has 2 unspecified atom stereocenters. The van der Waals surface area contributed by atoms with E-state index in [0.29, 0.717) is 19.4 Å². The number of aliphatic hydroxyl groups excluding tert-OH is 1. The number of rotatable bonds is 3. The molecule has 1 heterocycles. The van der Waals surface area contributed by atoms with Gasteiger partial charge in [-0.3, -0.25) is 4.79 Å². The zero-order chi connectivity index (χ0) is 14.8. The van der Waals surface area contributed by atoms with E-state index in [9.17, 15) is 14.7 Å². The van der Waals surface area contributed by atoms with Gasteiger partial charge in [0.2, 0.25) is 0 Å². The van der Waals surface area contributed by atoms with Gasteiger partial charge < -0.3 is 20.0 Å². The van der Waals surface area contributed by atoms with Crippen LogP contribution in [0.3, 0.4) is 0 Å². The number of aliphatic hydroxyl groups is 1. The number of carboxylic acid groups (broad SMARTS) is 1. The molecular formula is C13H24N2O4. The summed E-state index contributed by atoms with van der Waals surface area (Å²) in [5, 5.41) is 18.3. The number of amides is 2. The molecule has 0 aromatic carbocycles. The fourth-order valence-corrected chi connectivity index (χ4v) is 2.24. The van der Waals surface area contributed by atoms with E-state index in [1.165, 1.54) is 4.90 Å². The molecule has 1 aliphatic rings. The number of likely N-dealkylation sites (tertiary alicyclic amines) is 1. The molecular weight excluding hydrogens is 248 g/mol. The normalized spacial score (nSPS) is 24.2. The molecule has 2 N–H and O–H groups in total. The van der Waals surface area contributed by atoms with Gasteiger partial charge in [-0.25, -0.2) is 4.79 Å². The second-order valence-corrected chi connectivity index (χ2v) is 5.91.